The predicted molar refractivity (Wildman–Crippen MR) is 110 cm³/mol. The lowest BCUT2D eigenvalue weighted by Crippen LogP contribution is -2.38. The van der Waals surface area contributed by atoms with E-state index < -0.39 is 0 Å². The molecule has 136 valence electrons. The predicted octanol–water partition coefficient (Wildman–Crippen LogP) is 4.19. The highest BCUT2D eigenvalue weighted by Gasteiger charge is 2.12. The van der Waals surface area contributed by atoms with Crippen LogP contribution in [0.2, 0.25) is 0 Å². The van der Waals surface area contributed by atoms with Crippen LogP contribution in [-0.4, -0.2) is 47.5 Å². The summed E-state index contributed by atoms with van der Waals surface area (Å²) in [7, 11) is 0. The fourth-order valence-corrected chi connectivity index (χ4v) is 3.95. The topological polar surface area (TPSA) is 30.3 Å². The van der Waals surface area contributed by atoms with Gasteiger partial charge < -0.3 is 4.74 Å². The molecule has 0 bridgehead atoms. The molecule has 0 amide bonds. The van der Waals surface area contributed by atoms with E-state index in [1.807, 2.05) is 6.20 Å². The summed E-state index contributed by atoms with van der Waals surface area (Å²) in [5, 5.41) is 8.45. The Morgan fingerprint density at radius 1 is 0.852 bits per heavy atom. The monoisotopic (exact) mass is 357 g/mol. The van der Waals surface area contributed by atoms with Gasteiger partial charge in [-0.25, -0.2) is 0 Å². The number of nitrogens with zero attached hydrogens (tertiary/aromatic N) is 3. The number of ether oxygens (including phenoxy) is 1. The Bertz CT molecular complexity index is 1080. The van der Waals surface area contributed by atoms with Crippen molar-refractivity contribution in [1.29, 1.82) is 0 Å². The smallest absolute Gasteiger partial charge is 0.0689 e. The number of rotatable bonds is 4. The van der Waals surface area contributed by atoms with Crippen molar-refractivity contribution in [1.82, 2.24) is 14.7 Å². The van der Waals surface area contributed by atoms with E-state index >= 15 is 0 Å². The van der Waals surface area contributed by atoms with Gasteiger partial charge in [0.1, 0.15) is 0 Å². The Hall–Kier alpha value is -2.69. The van der Waals surface area contributed by atoms with Crippen molar-refractivity contribution in [3.63, 3.8) is 0 Å². The third-order valence-electron chi connectivity index (χ3n) is 5.48. The van der Waals surface area contributed by atoms with Gasteiger partial charge in [0.25, 0.3) is 0 Å². The van der Waals surface area contributed by atoms with E-state index in [0.717, 1.165) is 39.4 Å². The average molecular weight is 357 g/mol. The zero-order chi connectivity index (χ0) is 18.1. The molecule has 4 aromatic rings. The fourth-order valence-electron chi connectivity index (χ4n) is 3.95. The summed E-state index contributed by atoms with van der Waals surface area (Å²) in [4.78, 5) is 2.45. The van der Waals surface area contributed by atoms with Crippen molar-refractivity contribution in [2.75, 3.05) is 32.8 Å². The summed E-state index contributed by atoms with van der Waals surface area (Å²) in [5.41, 5.74) is 3.69. The molecule has 1 aromatic heterocycles. The molecular formula is C23H23N3O. The number of aromatic nitrogens is 2. The van der Waals surface area contributed by atoms with Crippen molar-refractivity contribution in [2.45, 2.75) is 6.54 Å². The highest BCUT2D eigenvalue weighted by Crippen LogP contribution is 2.30. The molecule has 0 N–H and O–H groups in total. The summed E-state index contributed by atoms with van der Waals surface area (Å²) in [6.07, 6.45) is 2.01. The summed E-state index contributed by atoms with van der Waals surface area (Å²) in [5.74, 6) is 0. The number of hydrogen-bond donors (Lipinski definition) is 0. The highest BCUT2D eigenvalue weighted by molar-refractivity contribution is 5.97. The minimum absolute atomic E-state index is 0.839. The van der Waals surface area contributed by atoms with Crippen molar-refractivity contribution < 1.29 is 4.74 Å². The first kappa shape index (κ1) is 16.5. The van der Waals surface area contributed by atoms with Gasteiger partial charge in [0.2, 0.25) is 0 Å². The van der Waals surface area contributed by atoms with Gasteiger partial charge in [0, 0.05) is 25.0 Å². The van der Waals surface area contributed by atoms with Crippen molar-refractivity contribution in [3.8, 4) is 11.1 Å². The van der Waals surface area contributed by atoms with Gasteiger partial charge in [-0.2, -0.15) is 5.10 Å². The van der Waals surface area contributed by atoms with E-state index in [-0.39, 0.29) is 0 Å². The molecule has 4 heteroatoms. The lowest BCUT2D eigenvalue weighted by atomic mass is 9.99. The SMILES string of the molecule is c1ccc2cc(-c3cccc4c3cnn4CCN3CCOCC3)ccc2c1. The van der Waals surface area contributed by atoms with Crippen LogP contribution < -0.4 is 0 Å². The van der Waals surface area contributed by atoms with Crippen molar-refractivity contribution >= 4 is 21.7 Å². The fraction of sp³-hybridized carbons (Fsp3) is 0.261. The second-order valence-electron chi connectivity index (χ2n) is 7.12. The second-order valence-corrected chi connectivity index (χ2v) is 7.12. The maximum atomic E-state index is 5.44. The quantitative estimate of drug-likeness (QED) is 0.549. The van der Waals surface area contributed by atoms with Crippen LogP contribution in [0.5, 0.6) is 0 Å². The second kappa shape index (κ2) is 7.14. The third-order valence-corrected chi connectivity index (χ3v) is 5.48. The number of morpholine rings is 1. The lowest BCUT2D eigenvalue weighted by Gasteiger charge is -2.26. The molecule has 0 atom stereocenters. The van der Waals surface area contributed by atoms with Crippen LogP contribution in [0.4, 0.5) is 0 Å². The van der Waals surface area contributed by atoms with Gasteiger partial charge in [-0.05, 0) is 34.0 Å². The van der Waals surface area contributed by atoms with Crippen LogP contribution in [0.25, 0.3) is 32.8 Å². The van der Waals surface area contributed by atoms with Gasteiger partial charge in [-0.3, -0.25) is 9.58 Å². The zero-order valence-electron chi connectivity index (χ0n) is 15.3. The molecule has 0 unspecified atom stereocenters. The van der Waals surface area contributed by atoms with Gasteiger partial charge in [-0.15, -0.1) is 0 Å². The van der Waals surface area contributed by atoms with Crippen LogP contribution >= 0.6 is 0 Å². The van der Waals surface area contributed by atoms with Gasteiger partial charge in [0.15, 0.2) is 0 Å². The minimum Gasteiger partial charge on any atom is -0.379 e. The molecule has 27 heavy (non-hydrogen) atoms. The van der Waals surface area contributed by atoms with E-state index in [1.165, 1.54) is 32.8 Å². The molecule has 0 saturated carbocycles. The zero-order valence-corrected chi connectivity index (χ0v) is 15.3. The van der Waals surface area contributed by atoms with Crippen LogP contribution in [-0.2, 0) is 11.3 Å². The minimum atomic E-state index is 0.839. The Morgan fingerprint density at radius 2 is 1.70 bits per heavy atom. The number of hydrogen-bond acceptors (Lipinski definition) is 3. The van der Waals surface area contributed by atoms with Crippen LogP contribution in [0.1, 0.15) is 0 Å². The van der Waals surface area contributed by atoms with Crippen LogP contribution in [0.15, 0.2) is 66.9 Å². The maximum Gasteiger partial charge on any atom is 0.0689 e. The van der Waals surface area contributed by atoms with Crippen molar-refractivity contribution in [2.24, 2.45) is 0 Å². The number of fused-ring (bicyclic) bond motifs is 2. The molecular weight excluding hydrogens is 334 g/mol. The summed E-state index contributed by atoms with van der Waals surface area (Å²) < 4.78 is 7.57. The molecule has 1 aliphatic heterocycles. The molecule has 3 aromatic carbocycles. The van der Waals surface area contributed by atoms with Crippen molar-refractivity contribution in [3.05, 3.63) is 66.9 Å². The Balaban J connectivity index is 1.47. The van der Waals surface area contributed by atoms with E-state index in [4.69, 9.17) is 4.74 Å². The van der Waals surface area contributed by atoms with E-state index in [2.05, 4.69) is 75.3 Å². The molecule has 5 rings (SSSR count). The van der Waals surface area contributed by atoms with E-state index in [0.29, 0.717) is 0 Å². The summed E-state index contributed by atoms with van der Waals surface area (Å²) >= 11 is 0. The summed E-state index contributed by atoms with van der Waals surface area (Å²) in [6, 6.07) is 21.7. The summed E-state index contributed by atoms with van der Waals surface area (Å²) in [6.45, 7) is 5.63. The Labute approximate surface area is 159 Å². The molecule has 1 fully saturated rings. The van der Waals surface area contributed by atoms with Gasteiger partial charge in [-0.1, -0.05) is 48.5 Å². The van der Waals surface area contributed by atoms with Gasteiger partial charge in [0.05, 0.1) is 31.5 Å². The first-order valence-corrected chi connectivity index (χ1v) is 9.62. The molecule has 4 nitrogen and oxygen atoms in total. The highest BCUT2D eigenvalue weighted by atomic mass is 16.5. The van der Waals surface area contributed by atoms with E-state index in [9.17, 15) is 0 Å². The molecule has 2 heterocycles. The molecule has 1 aliphatic rings. The normalized spacial score (nSPS) is 15.6. The first-order valence-electron chi connectivity index (χ1n) is 9.62. The van der Waals surface area contributed by atoms with Crippen LogP contribution in [0, 0.1) is 0 Å². The molecule has 0 radical (unpaired) electrons. The largest absolute Gasteiger partial charge is 0.379 e. The number of benzene rings is 3. The van der Waals surface area contributed by atoms with E-state index in [1.54, 1.807) is 0 Å². The average Bonchev–Trinajstić information content (AvgIpc) is 3.16. The van der Waals surface area contributed by atoms with Gasteiger partial charge >= 0.3 is 0 Å². The third kappa shape index (κ3) is 3.22. The standard InChI is InChI=1S/C23H23N3O/c1-2-5-19-16-20(9-8-18(19)4-1)21-6-3-7-23-22(21)17-24-26(23)11-10-25-12-14-27-15-13-25/h1-9,16-17H,10-15H2. The molecule has 0 aliphatic carbocycles. The Morgan fingerprint density at radius 3 is 2.59 bits per heavy atom. The lowest BCUT2D eigenvalue weighted by molar-refractivity contribution is 0.0361. The maximum absolute atomic E-state index is 5.44. The first-order chi connectivity index (χ1) is 13.4. The Kier molecular flexibility index (Phi) is 4.36. The molecule has 0 spiro atoms. The molecule has 1 saturated heterocycles. The van der Waals surface area contributed by atoms with Crippen LogP contribution in [0.3, 0.4) is 0 Å².